The van der Waals surface area contributed by atoms with Gasteiger partial charge in [-0.05, 0) is 63.2 Å². The Hall–Kier alpha value is -1.09. The molecule has 0 atom stereocenters. The Labute approximate surface area is 121 Å². The molecule has 0 saturated heterocycles. The van der Waals surface area contributed by atoms with Crippen molar-refractivity contribution in [1.82, 2.24) is 5.32 Å². The number of rotatable bonds is 7. The summed E-state index contributed by atoms with van der Waals surface area (Å²) in [5, 5.41) is 3.45. The lowest BCUT2D eigenvalue weighted by Crippen LogP contribution is -2.45. The highest BCUT2D eigenvalue weighted by molar-refractivity contribution is 5.31. The van der Waals surface area contributed by atoms with Gasteiger partial charge in [-0.25, -0.2) is 4.39 Å². The van der Waals surface area contributed by atoms with Crippen molar-refractivity contribution in [3.8, 4) is 5.75 Å². The van der Waals surface area contributed by atoms with E-state index in [1.165, 1.54) is 6.42 Å². The van der Waals surface area contributed by atoms with E-state index in [4.69, 9.17) is 4.74 Å². The molecule has 0 aromatic heterocycles. The van der Waals surface area contributed by atoms with E-state index in [0.29, 0.717) is 17.2 Å². The van der Waals surface area contributed by atoms with Crippen LogP contribution < -0.4 is 10.1 Å². The standard InChI is InChI=1S/C17H26FNO/c1-13(2)12-19-11-10-17(8-5-9-17)20-15-7-4-6-14(3)16(15)18/h4,6-7,13,19H,5,8-12H2,1-3H3. The van der Waals surface area contributed by atoms with Crippen LogP contribution >= 0.6 is 0 Å². The molecule has 0 aliphatic heterocycles. The van der Waals surface area contributed by atoms with Crippen molar-refractivity contribution in [2.75, 3.05) is 13.1 Å². The summed E-state index contributed by atoms with van der Waals surface area (Å²) in [4.78, 5) is 0. The van der Waals surface area contributed by atoms with E-state index in [2.05, 4.69) is 19.2 Å². The van der Waals surface area contributed by atoms with Gasteiger partial charge < -0.3 is 10.1 Å². The second-order valence-electron chi connectivity index (χ2n) is 6.37. The van der Waals surface area contributed by atoms with E-state index in [1.54, 1.807) is 19.1 Å². The highest BCUT2D eigenvalue weighted by Gasteiger charge is 2.39. The second kappa shape index (κ2) is 6.57. The maximum Gasteiger partial charge on any atom is 0.167 e. The monoisotopic (exact) mass is 279 g/mol. The SMILES string of the molecule is Cc1cccc(OC2(CCNCC(C)C)CCC2)c1F. The van der Waals surface area contributed by atoms with Crippen LogP contribution in [-0.2, 0) is 0 Å². The maximum absolute atomic E-state index is 14.0. The van der Waals surface area contributed by atoms with Crippen molar-refractivity contribution in [2.45, 2.75) is 52.1 Å². The molecule has 0 bridgehead atoms. The molecule has 0 heterocycles. The summed E-state index contributed by atoms with van der Waals surface area (Å²) < 4.78 is 20.1. The third-order valence-corrected chi connectivity index (χ3v) is 4.06. The molecule has 112 valence electrons. The lowest BCUT2D eigenvalue weighted by Gasteiger charge is -2.42. The third kappa shape index (κ3) is 3.72. The fourth-order valence-corrected chi connectivity index (χ4v) is 2.61. The number of hydrogen-bond donors (Lipinski definition) is 1. The van der Waals surface area contributed by atoms with Gasteiger partial charge in [-0.15, -0.1) is 0 Å². The van der Waals surface area contributed by atoms with Gasteiger partial charge in [0.15, 0.2) is 11.6 Å². The Morgan fingerprint density at radius 3 is 2.70 bits per heavy atom. The third-order valence-electron chi connectivity index (χ3n) is 4.06. The van der Waals surface area contributed by atoms with E-state index in [9.17, 15) is 4.39 Å². The zero-order chi connectivity index (χ0) is 14.6. The molecule has 2 nitrogen and oxygen atoms in total. The number of ether oxygens (including phenoxy) is 1. The van der Waals surface area contributed by atoms with Gasteiger partial charge in [0.25, 0.3) is 0 Å². The van der Waals surface area contributed by atoms with Crippen LogP contribution in [0.3, 0.4) is 0 Å². The molecule has 0 radical (unpaired) electrons. The minimum absolute atomic E-state index is 0.154. The van der Waals surface area contributed by atoms with Gasteiger partial charge in [0.1, 0.15) is 5.60 Å². The average Bonchev–Trinajstić information content (AvgIpc) is 2.36. The molecule has 0 amide bonds. The van der Waals surface area contributed by atoms with Crippen LogP contribution in [0.5, 0.6) is 5.75 Å². The van der Waals surface area contributed by atoms with Crippen LogP contribution in [0.2, 0.25) is 0 Å². The highest BCUT2D eigenvalue weighted by Crippen LogP contribution is 2.40. The molecule has 1 N–H and O–H groups in total. The number of benzene rings is 1. The smallest absolute Gasteiger partial charge is 0.167 e. The number of nitrogens with one attached hydrogen (secondary N) is 1. The second-order valence-corrected chi connectivity index (χ2v) is 6.37. The molecule has 0 unspecified atom stereocenters. The molecule has 1 aromatic carbocycles. The van der Waals surface area contributed by atoms with E-state index in [-0.39, 0.29) is 11.4 Å². The van der Waals surface area contributed by atoms with Gasteiger partial charge in [0.05, 0.1) is 0 Å². The summed E-state index contributed by atoms with van der Waals surface area (Å²) >= 11 is 0. The van der Waals surface area contributed by atoms with Crippen LogP contribution in [0.25, 0.3) is 0 Å². The van der Waals surface area contributed by atoms with Crippen molar-refractivity contribution in [3.63, 3.8) is 0 Å². The minimum atomic E-state index is -0.214. The lowest BCUT2D eigenvalue weighted by atomic mass is 9.77. The van der Waals surface area contributed by atoms with Crippen molar-refractivity contribution >= 4 is 0 Å². The van der Waals surface area contributed by atoms with Crippen molar-refractivity contribution in [3.05, 3.63) is 29.6 Å². The molecular weight excluding hydrogens is 253 g/mol. The lowest BCUT2D eigenvalue weighted by molar-refractivity contribution is -0.0173. The van der Waals surface area contributed by atoms with Crippen LogP contribution in [0.15, 0.2) is 18.2 Å². The Bertz CT molecular complexity index is 441. The number of halogens is 1. The van der Waals surface area contributed by atoms with Crippen molar-refractivity contribution in [1.29, 1.82) is 0 Å². The first-order chi connectivity index (χ1) is 9.52. The molecule has 3 heteroatoms. The summed E-state index contributed by atoms with van der Waals surface area (Å²) in [5.41, 5.74) is 0.494. The van der Waals surface area contributed by atoms with Crippen molar-refractivity contribution < 1.29 is 9.13 Å². The quantitative estimate of drug-likeness (QED) is 0.760. The van der Waals surface area contributed by atoms with Crippen LogP contribution in [0, 0.1) is 18.7 Å². The maximum atomic E-state index is 14.0. The average molecular weight is 279 g/mol. The molecule has 20 heavy (non-hydrogen) atoms. The summed E-state index contributed by atoms with van der Waals surface area (Å²) in [6.45, 7) is 8.13. The summed E-state index contributed by atoms with van der Waals surface area (Å²) in [6, 6.07) is 5.38. The molecule has 1 saturated carbocycles. The van der Waals surface area contributed by atoms with Crippen LogP contribution in [-0.4, -0.2) is 18.7 Å². The Balaban J connectivity index is 1.92. The van der Waals surface area contributed by atoms with E-state index >= 15 is 0 Å². The van der Waals surface area contributed by atoms with E-state index in [0.717, 1.165) is 32.4 Å². The zero-order valence-electron chi connectivity index (χ0n) is 12.8. The highest BCUT2D eigenvalue weighted by atomic mass is 19.1. The molecule has 1 aromatic rings. The summed E-state index contributed by atoms with van der Waals surface area (Å²) in [5.74, 6) is 0.852. The first kappa shape index (κ1) is 15.3. The van der Waals surface area contributed by atoms with Gasteiger partial charge in [-0.1, -0.05) is 26.0 Å². The van der Waals surface area contributed by atoms with Gasteiger partial charge in [-0.2, -0.15) is 0 Å². The predicted molar refractivity (Wildman–Crippen MR) is 80.7 cm³/mol. The fourth-order valence-electron chi connectivity index (χ4n) is 2.61. The van der Waals surface area contributed by atoms with Gasteiger partial charge in [0, 0.05) is 0 Å². The molecular formula is C17H26FNO. The van der Waals surface area contributed by atoms with Gasteiger partial charge in [-0.3, -0.25) is 0 Å². The number of aryl methyl sites for hydroxylation is 1. The largest absolute Gasteiger partial charge is 0.484 e. The normalized spacial score (nSPS) is 17.1. The first-order valence-corrected chi connectivity index (χ1v) is 7.67. The Morgan fingerprint density at radius 2 is 2.10 bits per heavy atom. The first-order valence-electron chi connectivity index (χ1n) is 7.67. The van der Waals surface area contributed by atoms with Crippen molar-refractivity contribution in [2.24, 2.45) is 5.92 Å². The summed E-state index contributed by atoms with van der Waals surface area (Å²) in [6.07, 6.45) is 4.19. The summed E-state index contributed by atoms with van der Waals surface area (Å²) in [7, 11) is 0. The fraction of sp³-hybridized carbons (Fsp3) is 0.647. The number of hydrogen-bond acceptors (Lipinski definition) is 2. The van der Waals surface area contributed by atoms with Gasteiger partial charge in [0.2, 0.25) is 0 Å². The molecule has 1 aliphatic rings. The minimum Gasteiger partial charge on any atom is -0.484 e. The molecule has 1 fully saturated rings. The topological polar surface area (TPSA) is 21.3 Å². The van der Waals surface area contributed by atoms with Crippen LogP contribution in [0.1, 0.15) is 45.1 Å². The Kier molecular flexibility index (Phi) is 5.03. The van der Waals surface area contributed by atoms with Gasteiger partial charge >= 0.3 is 0 Å². The molecule has 2 rings (SSSR count). The molecule has 0 spiro atoms. The molecule has 1 aliphatic carbocycles. The van der Waals surface area contributed by atoms with E-state index < -0.39 is 0 Å². The van der Waals surface area contributed by atoms with E-state index in [1.807, 2.05) is 6.07 Å². The van der Waals surface area contributed by atoms with Crippen LogP contribution in [0.4, 0.5) is 4.39 Å². The zero-order valence-corrected chi connectivity index (χ0v) is 12.8. The predicted octanol–water partition coefficient (Wildman–Crippen LogP) is 4.07. The Morgan fingerprint density at radius 1 is 1.35 bits per heavy atom.